The number of piperidine rings is 1. The Hall–Kier alpha value is -3.40. The number of fused-ring (bicyclic) bond motifs is 1. The van der Waals surface area contributed by atoms with Crippen molar-refractivity contribution in [2.45, 2.75) is 50.6 Å². The van der Waals surface area contributed by atoms with Gasteiger partial charge in [-0.15, -0.1) is 0 Å². The number of anilines is 2. The Kier molecular flexibility index (Phi) is 6.46. The number of aryl methyl sites for hydroxylation is 1. The van der Waals surface area contributed by atoms with Gasteiger partial charge in [0.05, 0.1) is 19.0 Å². The largest absolute Gasteiger partial charge is 0.495 e. The Morgan fingerprint density at radius 3 is 2.57 bits per heavy atom. The molecule has 0 unspecified atom stereocenters. The molecular formula is C25H33N7O3. The van der Waals surface area contributed by atoms with Gasteiger partial charge in [0.25, 0.3) is 5.91 Å². The summed E-state index contributed by atoms with van der Waals surface area (Å²) >= 11 is 0. The number of rotatable bonds is 6. The standard InChI is InChI=1S/C25H33N7O3/c1-30-12-10-17(11-13-30)27-23(33)16-8-9-19(21(14-16)35-3)28-24-26-15-20-22(29-24)32(25(34)31(20)2)18-6-4-5-7-18/h8-9,14-15,17-18H,4-7,10-13H2,1-3H3,(H,27,33)(H,26,28,29). The van der Waals surface area contributed by atoms with E-state index in [9.17, 15) is 9.59 Å². The number of aromatic nitrogens is 4. The van der Waals surface area contributed by atoms with Gasteiger partial charge in [0.2, 0.25) is 5.95 Å². The summed E-state index contributed by atoms with van der Waals surface area (Å²) in [4.78, 5) is 37.1. The molecule has 0 radical (unpaired) electrons. The molecule has 1 aromatic carbocycles. The molecule has 35 heavy (non-hydrogen) atoms. The minimum absolute atomic E-state index is 0.0593. The highest BCUT2D eigenvalue weighted by atomic mass is 16.5. The maximum atomic E-state index is 12.9. The third kappa shape index (κ3) is 4.62. The highest BCUT2D eigenvalue weighted by Gasteiger charge is 2.24. The summed E-state index contributed by atoms with van der Waals surface area (Å²) in [6.45, 7) is 1.97. The summed E-state index contributed by atoms with van der Waals surface area (Å²) in [5.41, 5.74) is 2.47. The predicted molar refractivity (Wildman–Crippen MR) is 135 cm³/mol. The lowest BCUT2D eigenvalue weighted by molar-refractivity contribution is 0.0916. The molecule has 186 valence electrons. The lowest BCUT2D eigenvalue weighted by atomic mass is 10.0. The zero-order chi connectivity index (χ0) is 24.5. The van der Waals surface area contributed by atoms with Crippen molar-refractivity contribution in [2.24, 2.45) is 7.05 Å². The number of nitrogens with zero attached hydrogens (tertiary/aromatic N) is 5. The van der Waals surface area contributed by atoms with E-state index in [1.165, 1.54) is 0 Å². The van der Waals surface area contributed by atoms with E-state index in [-0.39, 0.29) is 23.7 Å². The zero-order valence-corrected chi connectivity index (χ0v) is 20.6. The summed E-state index contributed by atoms with van der Waals surface area (Å²) in [5.74, 6) is 0.787. The molecule has 1 amide bonds. The fourth-order valence-corrected chi connectivity index (χ4v) is 5.17. The van der Waals surface area contributed by atoms with Crippen molar-refractivity contribution in [3.8, 4) is 5.75 Å². The van der Waals surface area contributed by atoms with Gasteiger partial charge in [-0.1, -0.05) is 12.8 Å². The number of carbonyl (C=O) groups is 1. The molecule has 10 heteroatoms. The number of imidazole rings is 1. The Morgan fingerprint density at radius 2 is 1.86 bits per heavy atom. The first-order valence-electron chi connectivity index (χ1n) is 12.3. The number of hydrogen-bond donors (Lipinski definition) is 2. The average molecular weight is 480 g/mol. The predicted octanol–water partition coefficient (Wildman–Crippen LogP) is 2.82. The molecule has 1 saturated carbocycles. The van der Waals surface area contributed by atoms with E-state index in [1.54, 1.807) is 43.1 Å². The molecule has 1 saturated heterocycles. The van der Waals surface area contributed by atoms with Crippen molar-refractivity contribution in [2.75, 3.05) is 32.6 Å². The van der Waals surface area contributed by atoms with E-state index < -0.39 is 0 Å². The Morgan fingerprint density at radius 1 is 1.11 bits per heavy atom. The minimum atomic E-state index is -0.105. The van der Waals surface area contributed by atoms with E-state index >= 15 is 0 Å². The van der Waals surface area contributed by atoms with Crippen LogP contribution < -0.4 is 21.1 Å². The van der Waals surface area contributed by atoms with Crippen LogP contribution in [0.3, 0.4) is 0 Å². The molecule has 3 aromatic rings. The van der Waals surface area contributed by atoms with Crippen LogP contribution in [0.15, 0.2) is 29.2 Å². The lowest BCUT2D eigenvalue weighted by Gasteiger charge is -2.29. The van der Waals surface area contributed by atoms with Crippen LogP contribution in [0.25, 0.3) is 11.2 Å². The maximum Gasteiger partial charge on any atom is 0.330 e. The zero-order valence-electron chi connectivity index (χ0n) is 20.6. The Balaban J connectivity index is 1.37. The van der Waals surface area contributed by atoms with E-state index in [2.05, 4.69) is 27.6 Å². The number of nitrogens with one attached hydrogen (secondary N) is 2. The summed E-state index contributed by atoms with van der Waals surface area (Å²) in [7, 11) is 5.42. The molecule has 1 aliphatic carbocycles. The van der Waals surface area contributed by atoms with Crippen LogP contribution >= 0.6 is 0 Å². The number of carbonyl (C=O) groups excluding carboxylic acids is 1. The molecule has 1 aliphatic heterocycles. The molecule has 5 rings (SSSR count). The fraction of sp³-hybridized carbons (Fsp3) is 0.520. The van der Waals surface area contributed by atoms with E-state index in [4.69, 9.17) is 9.72 Å². The van der Waals surface area contributed by atoms with Crippen molar-refractivity contribution >= 4 is 28.7 Å². The summed E-state index contributed by atoms with van der Waals surface area (Å²) in [6.07, 6.45) is 7.79. The quantitative estimate of drug-likeness (QED) is 0.560. The second kappa shape index (κ2) is 9.69. The van der Waals surface area contributed by atoms with Gasteiger partial charge in [-0.25, -0.2) is 9.78 Å². The van der Waals surface area contributed by atoms with Crippen molar-refractivity contribution in [1.29, 1.82) is 0 Å². The highest BCUT2D eigenvalue weighted by molar-refractivity contribution is 5.95. The van der Waals surface area contributed by atoms with Crippen LogP contribution in [0.2, 0.25) is 0 Å². The third-order valence-corrected chi connectivity index (χ3v) is 7.29. The first kappa shape index (κ1) is 23.3. The number of amides is 1. The van der Waals surface area contributed by atoms with Gasteiger partial charge in [-0.05, 0) is 64.0 Å². The van der Waals surface area contributed by atoms with E-state index in [0.29, 0.717) is 34.1 Å². The molecule has 0 spiro atoms. The van der Waals surface area contributed by atoms with Crippen molar-refractivity contribution in [3.05, 3.63) is 40.4 Å². The first-order chi connectivity index (χ1) is 16.9. The topological polar surface area (TPSA) is 106 Å². The summed E-state index contributed by atoms with van der Waals surface area (Å²) < 4.78 is 8.98. The minimum Gasteiger partial charge on any atom is -0.495 e. The molecular weight excluding hydrogens is 446 g/mol. The molecule has 3 heterocycles. The molecule has 10 nitrogen and oxygen atoms in total. The van der Waals surface area contributed by atoms with Gasteiger partial charge in [0.1, 0.15) is 11.3 Å². The normalized spacial score (nSPS) is 17.7. The summed E-state index contributed by atoms with van der Waals surface area (Å²) in [5, 5.41) is 6.34. The fourth-order valence-electron chi connectivity index (χ4n) is 5.17. The van der Waals surface area contributed by atoms with Crippen molar-refractivity contribution in [3.63, 3.8) is 0 Å². The van der Waals surface area contributed by atoms with Gasteiger partial charge in [0.15, 0.2) is 5.65 Å². The first-order valence-corrected chi connectivity index (χ1v) is 12.3. The van der Waals surface area contributed by atoms with Crippen LogP contribution in [0, 0.1) is 0 Å². The van der Waals surface area contributed by atoms with Gasteiger partial charge in [-0.2, -0.15) is 4.98 Å². The number of ether oxygens (including phenoxy) is 1. The second-order valence-electron chi connectivity index (χ2n) is 9.64. The molecule has 2 aliphatic rings. The second-order valence-corrected chi connectivity index (χ2v) is 9.64. The number of benzene rings is 1. The van der Waals surface area contributed by atoms with Crippen molar-refractivity contribution < 1.29 is 9.53 Å². The number of hydrogen-bond acceptors (Lipinski definition) is 7. The van der Waals surface area contributed by atoms with Crippen LogP contribution in [0.5, 0.6) is 5.75 Å². The Labute approximate surface area is 204 Å². The van der Waals surface area contributed by atoms with E-state index in [1.807, 2.05) is 4.57 Å². The van der Waals surface area contributed by atoms with Gasteiger partial charge in [0, 0.05) is 24.7 Å². The monoisotopic (exact) mass is 479 g/mol. The molecule has 2 N–H and O–H groups in total. The molecule has 2 fully saturated rings. The molecule has 2 aromatic heterocycles. The van der Waals surface area contributed by atoms with Gasteiger partial charge < -0.3 is 20.3 Å². The van der Waals surface area contributed by atoms with Crippen molar-refractivity contribution in [1.82, 2.24) is 29.3 Å². The van der Waals surface area contributed by atoms with Crippen LogP contribution in [-0.4, -0.2) is 63.2 Å². The maximum absolute atomic E-state index is 12.9. The van der Waals surface area contributed by atoms with Gasteiger partial charge >= 0.3 is 5.69 Å². The molecule has 0 bridgehead atoms. The van der Waals surface area contributed by atoms with E-state index in [0.717, 1.165) is 51.6 Å². The van der Waals surface area contributed by atoms with Crippen LogP contribution in [0.4, 0.5) is 11.6 Å². The average Bonchev–Trinajstić information content (AvgIpc) is 3.47. The highest BCUT2D eigenvalue weighted by Crippen LogP contribution is 2.32. The SMILES string of the molecule is COc1cc(C(=O)NC2CCN(C)CC2)ccc1Nc1ncc2c(n1)n(C1CCCC1)c(=O)n2C. The van der Waals surface area contributed by atoms with Crippen LogP contribution in [0.1, 0.15) is 54.9 Å². The number of methoxy groups -OCH3 is 1. The Bertz CT molecular complexity index is 1280. The number of likely N-dealkylation sites (tertiary alicyclic amines) is 1. The third-order valence-electron chi connectivity index (χ3n) is 7.29. The lowest BCUT2D eigenvalue weighted by Crippen LogP contribution is -2.43. The summed E-state index contributed by atoms with van der Waals surface area (Å²) in [6, 6.07) is 5.65. The van der Waals surface area contributed by atoms with Crippen LogP contribution in [-0.2, 0) is 7.05 Å². The van der Waals surface area contributed by atoms with Gasteiger partial charge in [-0.3, -0.25) is 13.9 Å². The smallest absolute Gasteiger partial charge is 0.330 e. The molecule has 0 atom stereocenters.